The third-order valence-electron chi connectivity index (χ3n) is 3.25. The molecule has 106 valence electrons. The molecule has 1 aromatic carbocycles. The van der Waals surface area contributed by atoms with Crippen molar-refractivity contribution in [3.05, 3.63) is 51.8 Å². The lowest BCUT2D eigenvalue weighted by Crippen LogP contribution is -2.14. The van der Waals surface area contributed by atoms with Crippen molar-refractivity contribution in [3.8, 4) is 0 Å². The van der Waals surface area contributed by atoms with E-state index < -0.39 is 17.3 Å². The van der Waals surface area contributed by atoms with Gasteiger partial charge in [-0.15, -0.1) is 0 Å². The van der Waals surface area contributed by atoms with Crippen LogP contribution in [0.5, 0.6) is 0 Å². The van der Waals surface area contributed by atoms with Crippen molar-refractivity contribution in [1.82, 2.24) is 4.98 Å². The summed E-state index contributed by atoms with van der Waals surface area (Å²) in [7, 11) is 0. The number of hydrogen-bond donors (Lipinski definition) is 1. The second kappa shape index (κ2) is 5.15. The van der Waals surface area contributed by atoms with Crippen LogP contribution in [0, 0.1) is 0 Å². The summed E-state index contributed by atoms with van der Waals surface area (Å²) in [6.45, 7) is 3.79. The highest BCUT2D eigenvalue weighted by Crippen LogP contribution is 2.34. The quantitative estimate of drug-likeness (QED) is 0.871. The fourth-order valence-corrected chi connectivity index (χ4v) is 2.26. The molecule has 0 unspecified atom stereocenters. The van der Waals surface area contributed by atoms with Crippen LogP contribution in [0.2, 0.25) is 0 Å². The first-order valence-electron chi connectivity index (χ1n) is 6.26. The molecule has 0 aliphatic carbocycles. The van der Waals surface area contributed by atoms with Gasteiger partial charge >= 0.3 is 6.18 Å². The molecule has 0 saturated heterocycles. The van der Waals surface area contributed by atoms with Crippen LogP contribution in [-0.2, 0) is 6.18 Å². The number of halogens is 3. The van der Waals surface area contributed by atoms with E-state index in [2.05, 4.69) is 4.98 Å². The Labute approximate surface area is 113 Å². The zero-order valence-corrected chi connectivity index (χ0v) is 11.1. The van der Waals surface area contributed by atoms with E-state index in [0.29, 0.717) is 6.07 Å². The number of pyridine rings is 1. The predicted octanol–water partition coefficient (Wildman–Crippen LogP) is 4.36. The molecule has 0 bridgehead atoms. The molecular weight excluding hydrogens is 267 g/mol. The van der Waals surface area contributed by atoms with Gasteiger partial charge in [-0.05, 0) is 36.6 Å². The Morgan fingerprint density at radius 1 is 1.30 bits per heavy atom. The highest BCUT2D eigenvalue weighted by molar-refractivity contribution is 5.86. The number of rotatable bonds is 2. The molecule has 1 aromatic heterocycles. The fourth-order valence-electron chi connectivity index (χ4n) is 2.26. The first kappa shape index (κ1) is 14.4. The van der Waals surface area contributed by atoms with Crippen LogP contribution >= 0.6 is 0 Å². The number of allylic oxidation sites excluding steroid dienone is 2. The zero-order valence-electron chi connectivity index (χ0n) is 11.1. The Bertz CT molecular complexity index is 726. The average Bonchev–Trinajstić information content (AvgIpc) is 2.38. The molecule has 2 aromatic rings. The maximum Gasteiger partial charge on any atom is 0.417 e. The largest absolute Gasteiger partial charge is 0.417 e. The normalized spacial score (nSPS) is 12.9. The van der Waals surface area contributed by atoms with Gasteiger partial charge < -0.3 is 4.98 Å². The van der Waals surface area contributed by atoms with E-state index in [0.717, 1.165) is 17.6 Å². The van der Waals surface area contributed by atoms with E-state index in [1.54, 1.807) is 6.07 Å². The van der Waals surface area contributed by atoms with Gasteiger partial charge in [0.15, 0.2) is 0 Å². The van der Waals surface area contributed by atoms with Crippen LogP contribution in [-0.4, -0.2) is 4.98 Å². The molecule has 1 heterocycles. The van der Waals surface area contributed by atoms with Crippen LogP contribution in [0.1, 0.15) is 31.4 Å². The smallest absolute Gasteiger partial charge is 0.322 e. The molecular formula is C15H14F3NO. The van der Waals surface area contributed by atoms with Crippen LogP contribution in [0.3, 0.4) is 0 Å². The minimum absolute atomic E-state index is 0.0161. The summed E-state index contributed by atoms with van der Waals surface area (Å²) in [6, 6.07) is 5.32. The first-order valence-corrected chi connectivity index (χ1v) is 6.26. The van der Waals surface area contributed by atoms with E-state index >= 15 is 0 Å². The molecule has 0 saturated carbocycles. The monoisotopic (exact) mass is 281 g/mol. The topological polar surface area (TPSA) is 32.9 Å². The zero-order chi connectivity index (χ0) is 14.9. The minimum Gasteiger partial charge on any atom is -0.322 e. The molecule has 2 rings (SSSR count). The van der Waals surface area contributed by atoms with Crippen LogP contribution < -0.4 is 5.56 Å². The van der Waals surface area contributed by atoms with Crippen molar-refractivity contribution >= 4 is 16.5 Å². The van der Waals surface area contributed by atoms with E-state index in [1.165, 1.54) is 12.1 Å². The minimum atomic E-state index is -4.55. The highest BCUT2D eigenvalue weighted by atomic mass is 19.4. The Balaban J connectivity index is 2.79. The average molecular weight is 281 g/mol. The summed E-state index contributed by atoms with van der Waals surface area (Å²) in [5.74, 6) is 0. The van der Waals surface area contributed by atoms with E-state index in [-0.39, 0.29) is 10.9 Å². The molecule has 0 fully saturated rings. The van der Waals surface area contributed by atoms with E-state index in [4.69, 9.17) is 0 Å². The number of H-pyrrole nitrogens is 1. The van der Waals surface area contributed by atoms with Crippen molar-refractivity contribution in [2.24, 2.45) is 0 Å². The molecule has 1 N–H and O–H groups in total. The first-order chi connectivity index (χ1) is 9.36. The summed E-state index contributed by atoms with van der Waals surface area (Å²) < 4.78 is 39.1. The van der Waals surface area contributed by atoms with Crippen LogP contribution in [0.4, 0.5) is 13.2 Å². The van der Waals surface area contributed by atoms with Gasteiger partial charge in [-0.25, -0.2) is 0 Å². The van der Waals surface area contributed by atoms with Crippen molar-refractivity contribution in [3.63, 3.8) is 0 Å². The van der Waals surface area contributed by atoms with Gasteiger partial charge in [-0.2, -0.15) is 13.2 Å². The van der Waals surface area contributed by atoms with E-state index in [9.17, 15) is 18.0 Å². The summed E-state index contributed by atoms with van der Waals surface area (Å²) in [4.78, 5) is 13.7. The summed E-state index contributed by atoms with van der Waals surface area (Å²) in [6.07, 6.45) is -1.94. The Morgan fingerprint density at radius 2 is 2.00 bits per heavy atom. The second-order valence-electron chi connectivity index (χ2n) is 4.47. The van der Waals surface area contributed by atoms with Gasteiger partial charge in [0.2, 0.25) is 5.56 Å². The molecule has 0 spiro atoms. The van der Waals surface area contributed by atoms with Gasteiger partial charge in [0.25, 0.3) is 0 Å². The molecule has 20 heavy (non-hydrogen) atoms. The maximum atomic E-state index is 13.0. The van der Waals surface area contributed by atoms with Gasteiger partial charge in [0, 0.05) is 17.0 Å². The third kappa shape index (κ3) is 2.61. The third-order valence-corrected chi connectivity index (χ3v) is 3.25. The molecule has 0 aliphatic rings. The Kier molecular flexibility index (Phi) is 3.70. The molecule has 0 atom stereocenters. The van der Waals surface area contributed by atoms with Gasteiger partial charge in [0.1, 0.15) is 0 Å². The number of hydrogen-bond acceptors (Lipinski definition) is 1. The summed E-state index contributed by atoms with van der Waals surface area (Å²) >= 11 is 0. The lowest BCUT2D eigenvalue weighted by atomic mass is 9.99. The fraction of sp³-hybridized carbons (Fsp3) is 0.267. The van der Waals surface area contributed by atoms with Crippen molar-refractivity contribution in [1.29, 1.82) is 0 Å². The summed E-state index contributed by atoms with van der Waals surface area (Å²) in [5.41, 5.74) is 0.246. The van der Waals surface area contributed by atoms with Crippen LogP contribution in [0.15, 0.2) is 35.1 Å². The lowest BCUT2D eigenvalue weighted by molar-refractivity contribution is -0.136. The van der Waals surface area contributed by atoms with E-state index in [1.807, 2.05) is 19.9 Å². The maximum absolute atomic E-state index is 13.0. The molecule has 0 radical (unpaired) electrons. The molecule has 0 aliphatic heterocycles. The SMILES string of the molecule is CC=C(CC)c1ccc2[nH]c(=O)cc(C(F)(F)F)c2c1. The standard InChI is InChI=1S/C15H14F3NO/c1-3-9(4-2)10-5-6-13-11(7-10)12(15(16,17)18)8-14(20)19-13/h3,5-8H,4H2,1-2H3,(H,19,20). The summed E-state index contributed by atoms with van der Waals surface area (Å²) in [5, 5.41) is 0.0161. The second-order valence-corrected chi connectivity index (χ2v) is 4.47. The van der Waals surface area contributed by atoms with Gasteiger partial charge in [-0.3, -0.25) is 4.79 Å². The van der Waals surface area contributed by atoms with Gasteiger partial charge in [-0.1, -0.05) is 19.1 Å². The number of benzene rings is 1. The number of aromatic nitrogens is 1. The van der Waals surface area contributed by atoms with Crippen molar-refractivity contribution in [2.45, 2.75) is 26.4 Å². The van der Waals surface area contributed by atoms with Gasteiger partial charge in [0.05, 0.1) is 5.56 Å². The molecule has 5 heteroatoms. The Morgan fingerprint density at radius 3 is 2.55 bits per heavy atom. The van der Waals surface area contributed by atoms with Crippen LogP contribution in [0.25, 0.3) is 16.5 Å². The van der Waals surface area contributed by atoms with Crippen molar-refractivity contribution < 1.29 is 13.2 Å². The number of aromatic amines is 1. The highest BCUT2D eigenvalue weighted by Gasteiger charge is 2.33. The van der Waals surface area contributed by atoms with Crippen molar-refractivity contribution in [2.75, 3.05) is 0 Å². The lowest BCUT2D eigenvalue weighted by Gasteiger charge is -2.12. The number of alkyl halides is 3. The Hall–Kier alpha value is -2.04. The number of fused-ring (bicyclic) bond motifs is 1. The predicted molar refractivity (Wildman–Crippen MR) is 73.5 cm³/mol. The number of nitrogens with one attached hydrogen (secondary N) is 1. The molecule has 2 nitrogen and oxygen atoms in total. The molecule has 0 amide bonds.